The average molecular weight is 304 g/mol. The Hall–Kier alpha value is -3.59. The molecule has 0 fully saturated rings. The normalized spacial score (nSPS) is 11.0. The highest BCUT2D eigenvalue weighted by molar-refractivity contribution is 5.88. The van der Waals surface area contributed by atoms with Crippen molar-refractivity contribution in [2.45, 2.75) is 0 Å². The first-order valence-corrected chi connectivity index (χ1v) is 6.85. The third-order valence-corrected chi connectivity index (χ3v) is 3.07. The number of carbonyl (C=O) groups is 1. The molecule has 23 heavy (non-hydrogen) atoms. The molecule has 0 aliphatic heterocycles. The second kappa shape index (κ2) is 6.45. The highest BCUT2D eigenvalue weighted by Gasteiger charge is 2.04. The van der Waals surface area contributed by atoms with Crippen molar-refractivity contribution >= 4 is 22.7 Å². The molecule has 2 amide bonds. The zero-order valence-corrected chi connectivity index (χ0v) is 12.0. The van der Waals surface area contributed by atoms with Crippen LogP contribution >= 0.6 is 0 Å². The molecule has 0 aliphatic carbocycles. The quantitative estimate of drug-likeness (QED) is 0.713. The highest BCUT2D eigenvalue weighted by Crippen LogP contribution is 2.12. The number of anilines is 1. The molecular formula is C17H12N4O2. The topological polar surface area (TPSA) is 90.4 Å². The first-order chi connectivity index (χ1) is 11.3. The molecule has 0 unspecified atom stereocenters. The number of benzene rings is 2. The average Bonchev–Trinajstić information content (AvgIpc) is 2.60. The Morgan fingerprint density at radius 3 is 2.61 bits per heavy atom. The summed E-state index contributed by atoms with van der Waals surface area (Å²) < 4.78 is 5.55. The van der Waals surface area contributed by atoms with E-state index >= 15 is 0 Å². The van der Waals surface area contributed by atoms with Gasteiger partial charge in [-0.05, 0) is 24.3 Å². The Morgan fingerprint density at radius 2 is 1.83 bits per heavy atom. The number of nitriles is 1. The number of amides is 2. The predicted octanol–water partition coefficient (Wildman–Crippen LogP) is 2.94. The molecular weight excluding hydrogens is 292 g/mol. The standard InChI is InChI=1S/C17H12N4O2/c18-11-13-10-12-6-4-5-9-15(12)23-16(13)20-21-17(22)19-14-7-2-1-3-8-14/h1-10H,(H2,19,21,22)/b20-16+. The fourth-order valence-electron chi connectivity index (χ4n) is 2.01. The van der Waals surface area contributed by atoms with E-state index in [1.807, 2.05) is 30.3 Å². The number of fused-ring (bicyclic) bond motifs is 1. The van der Waals surface area contributed by atoms with Crippen LogP contribution in [0.5, 0.6) is 0 Å². The maximum absolute atomic E-state index is 11.8. The van der Waals surface area contributed by atoms with E-state index in [0.717, 1.165) is 5.39 Å². The molecule has 1 heterocycles. The first kappa shape index (κ1) is 14.4. The lowest BCUT2D eigenvalue weighted by Crippen LogP contribution is -2.27. The number of hydrogen-bond donors (Lipinski definition) is 2. The number of carbonyl (C=O) groups excluding carboxylic acids is 1. The minimum atomic E-state index is -0.525. The van der Waals surface area contributed by atoms with Gasteiger partial charge in [-0.15, -0.1) is 5.10 Å². The van der Waals surface area contributed by atoms with Gasteiger partial charge < -0.3 is 9.73 Å². The van der Waals surface area contributed by atoms with Gasteiger partial charge in [0.05, 0.1) is 0 Å². The van der Waals surface area contributed by atoms with E-state index in [4.69, 9.17) is 4.42 Å². The summed E-state index contributed by atoms with van der Waals surface area (Å²) in [5.41, 5.74) is 3.82. The molecule has 2 N–H and O–H groups in total. The summed E-state index contributed by atoms with van der Waals surface area (Å²) in [6.07, 6.45) is 0. The number of urea groups is 1. The summed E-state index contributed by atoms with van der Waals surface area (Å²) in [5.74, 6) is 0. The van der Waals surface area contributed by atoms with Crippen LogP contribution in [0.4, 0.5) is 10.5 Å². The number of nitrogens with one attached hydrogen (secondary N) is 2. The van der Waals surface area contributed by atoms with Crippen LogP contribution < -0.4 is 16.3 Å². The van der Waals surface area contributed by atoms with Crippen molar-refractivity contribution in [2.24, 2.45) is 5.10 Å². The van der Waals surface area contributed by atoms with Gasteiger partial charge in [0, 0.05) is 11.1 Å². The molecule has 0 bridgehead atoms. The predicted molar refractivity (Wildman–Crippen MR) is 85.1 cm³/mol. The second-order valence-corrected chi connectivity index (χ2v) is 4.66. The van der Waals surface area contributed by atoms with E-state index in [-0.39, 0.29) is 11.1 Å². The van der Waals surface area contributed by atoms with Crippen LogP contribution in [0.25, 0.3) is 11.0 Å². The summed E-state index contributed by atoms with van der Waals surface area (Å²) in [6, 6.07) is 19.4. The minimum Gasteiger partial charge on any atom is -0.436 e. The van der Waals surface area contributed by atoms with Crippen LogP contribution in [0.2, 0.25) is 0 Å². The van der Waals surface area contributed by atoms with Crippen molar-refractivity contribution in [3.8, 4) is 6.07 Å². The van der Waals surface area contributed by atoms with E-state index in [2.05, 4.69) is 15.8 Å². The van der Waals surface area contributed by atoms with Gasteiger partial charge in [-0.3, -0.25) is 0 Å². The van der Waals surface area contributed by atoms with E-state index < -0.39 is 6.03 Å². The lowest BCUT2D eigenvalue weighted by Gasteiger charge is -2.03. The van der Waals surface area contributed by atoms with Gasteiger partial charge in [-0.25, -0.2) is 10.2 Å². The van der Waals surface area contributed by atoms with Crippen LogP contribution in [-0.2, 0) is 0 Å². The molecule has 0 radical (unpaired) electrons. The zero-order chi connectivity index (χ0) is 16.1. The van der Waals surface area contributed by atoms with Crippen LogP contribution in [0.3, 0.4) is 0 Å². The van der Waals surface area contributed by atoms with Crippen molar-refractivity contribution in [3.63, 3.8) is 0 Å². The molecule has 6 heteroatoms. The van der Waals surface area contributed by atoms with Crippen molar-refractivity contribution in [3.05, 3.63) is 71.8 Å². The molecule has 0 spiro atoms. The Bertz CT molecular complexity index is 955. The smallest absolute Gasteiger partial charge is 0.339 e. The molecule has 0 saturated carbocycles. The first-order valence-electron chi connectivity index (χ1n) is 6.85. The number of rotatable bonds is 2. The Labute approximate surface area is 131 Å². The molecule has 2 aromatic carbocycles. The summed E-state index contributed by atoms with van der Waals surface area (Å²) in [7, 11) is 0. The monoisotopic (exact) mass is 304 g/mol. The van der Waals surface area contributed by atoms with E-state index in [0.29, 0.717) is 11.3 Å². The summed E-state index contributed by atoms with van der Waals surface area (Å²) in [6.45, 7) is 0. The van der Waals surface area contributed by atoms with Gasteiger partial charge in [-0.2, -0.15) is 5.26 Å². The van der Waals surface area contributed by atoms with E-state index in [1.54, 1.807) is 36.4 Å². The minimum absolute atomic E-state index is 0.0504. The SMILES string of the molecule is N#Cc1cc2ccccc2o/c1=N/NC(=O)Nc1ccccc1. The van der Waals surface area contributed by atoms with Gasteiger partial charge in [0.1, 0.15) is 17.2 Å². The maximum Gasteiger partial charge on any atom is 0.339 e. The number of hydrogen-bond acceptors (Lipinski definition) is 4. The van der Waals surface area contributed by atoms with Crippen molar-refractivity contribution in [1.82, 2.24) is 5.43 Å². The molecule has 3 rings (SSSR count). The van der Waals surface area contributed by atoms with Gasteiger partial charge in [0.2, 0.25) is 0 Å². The fraction of sp³-hybridized carbons (Fsp3) is 0. The zero-order valence-electron chi connectivity index (χ0n) is 12.0. The maximum atomic E-state index is 11.8. The Kier molecular flexibility index (Phi) is 4.03. The molecule has 0 aliphatic rings. The second-order valence-electron chi connectivity index (χ2n) is 4.66. The van der Waals surface area contributed by atoms with Crippen molar-refractivity contribution < 1.29 is 9.21 Å². The third kappa shape index (κ3) is 3.36. The van der Waals surface area contributed by atoms with Crippen molar-refractivity contribution in [1.29, 1.82) is 5.26 Å². The van der Waals surface area contributed by atoms with Crippen LogP contribution in [-0.4, -0.2) is 6.03 Å². The fourth-order valence-corrected chi connectivity index (χ4v) is 2.01. The van der Waals surface area contributed by atoms with Crippen molar-refractivity contribution in [2.75, 3.05) is 5.32 Å². The molecule has 0 saturated heterocycles. The summed E-state index contributed by atoms with van der Waals surface area (Å²) in [5, 5.41) is 16.5. The summed E-state index contributed by atoms with van der Waals surface area (Å²) in [4.78, 5) is 11.8. The molecule has 112 valence electrons. The summed E-state index contributed by atoms with van der Waals surface area (Å²) >= 11 is 0. The lowest BCUT2D eigenvalue weighted by atomic mass is 10.2. The van der Waals surface area contributed by atoms with Crippen LogP contribution in [0, 0.1) is 11.3 Å². The Morgan fingerprint density at radius 1 is 1.09 bits per heavy atom. The van der Waals surface area contributed by atoms with E-state index in [9.17, 15) is 10.1 Å². The molecule has 6 nitrogen and oxygen atoms in total. The Balaban J connectivity index is 1.86. The third-order valence-electron chi connectivity index (χ3n) is 3.07. The van der Waals surface area contributed by atoms with Gasteiger partial charge in [0.25, 0.3) is 5.55 Å². The van der Waals surface area contributed by atoms with Gasteiger partial charge in [0.15, 0.2) is 0 Å². The van der Waals surface area contributed by atoms with Crippen LogP contribution in [0.1, 0.15) is 5.56 Å². The number of para-hydroxylation sites is 2. The number of nitrogens with zero attached hydrogens (tertiary/aromatic N) is 2. The van der Waals surface area contributed by atoms with Gasteiger partial charge in [-0.1, -0.05) is 36.4 Å². The molecule has 0 atom stereocenters. The molecule has 1 aromatic heterocycles. The molecule has 3 aromatic rings. The largest absolute Gasteiger partial charge is 0.436 e. The lowest BCUT2D eigenvalue weighted by molar-refractivity contribution is 0.251. The van der Waals surface area contributed by atoms with Gasteiger partial charge >= 0.3 is 6.03 Å². The highest BCUT2D eigenvalue weighted by atomic mass is 16.3. The van der Waals surface area contributed by atoms with Crippen LogP contribution in [0.15, 0.2) is 70.2 Å². The van der Waals surface area contributed by atoms with E-state index in [1.165, 1.54) is 0 Å².